The number of carbonyl (C=O) groups excluding carboxylic acids is 2. The van der Waals surface area contributed by atoms with Crippen LogP contribution in [0.1, 0.15) is 54.4 Å². The summed E-state index contributed by atoms with van der Waals surface area (Å²) in [4.78, 5) is 25.9. The SMILES string of the molecule is CC(=O)O[C@H]1C2[C@@H]3CO[C@@H]3C[C@H](C)[C@@]2(C)[C@H](O)C(=O)C2=C(C)[C@@H]([O-])C[C@]1(O)C2(C)C.[Ac].[Li+]. The number of fused-ring (bicyclic) bond motifs is 5. The van der Waals surface area contributed by atoms with Crippen LogP contribution in [0.4, 0.5) is 0 Å². The van der Waals surface area contributed by atoms with E-state index in [0.29, 0.717) is 18.6 Å². The Balaban J connectivity index is 0.00000181. The molecule has 2 saturated carbocycles. The number of aliphatic hydroxyl groups excluding tert-OH is 1. The molecule has 0 spiro atoms. The number of ketones is 1. The zero-order valence-corrected chi connectivity index (χ0v) is 24.9. The van der Waals surface area contributed by atoms with Crippen molar-refractivity contribution in [1.82, 2.24) is 0 Å². The van der Waals surface area contributed by atoms with Gasteiger partial charge in [0, 0.05) is 79.2 Å². The zero-order chi connectivity index (χ0) is 22.4. The minimum Gasteiger partial charge on any atom is -0.849 e. The quantitative estimate of drug-likeness (QED) is 0.243. The second kappa shape index (κ2) is 9.33. The van der Waals surface area contributed by atoms with Crippen LogP contribution in [0.5, 0.6) is 0 Å². The summed E-state index contributed by atoms with van der Waals surface area (Å²) < 4.78 is 11.6. The molecule has 1 unspecified atom stereocenters. The molecule has 0 aromatic heterocycles. The third-order valence-electron chi connectivity index (χ3n) is 9.06. The molecule has 0 amide bonds. The van der Waals surface area contributed by atoms with Gasteiger partial charge in [0.15, 0.2) is 5.78 Å². The molecule has 1 saturated heterocycles. The van der Waals surface area contributed by atoms with Crippen LogP contribution in [0.25, 0.3) is 0 Å². The van der Waals surface area contributed by atoms with Crippen LogP contribution in [-0.2, 0) is 19.1 Å². The third-order valence-corrected chi connectivity index (χ3v) is 9.06. The first kappa shape index (κ1) is 29.0. The van der Waals surface area contributed by atoms with Gasteiger partial charge in [-0.15, -0.1) is 6.10 Å². The van der Waals surface area contributed by atoms with Crippen molar-refractivity contribution >= 4 is 11.8 Å². The van der Waals surface area contributed by atoms with Gasteiger partial charge in [0.25, 0.3) is 0 Å². The van der Waals surface area contributed by atoms with E-state index in [1.54, 1.807) is 20.8 Å². The number of hydrogen-bond donors (Lipinski definition) is 2. The Bertz CT molecular complexity index is 829. The monoisotopic (exact) mass is 655 g/mol. The number of rotatable bonds is 1. The fourth-order valence-electron chi connectivity index (χ4n) is 6.92. The van der Waals surface area contributed by atoms with Gasteiger partial charge in [-0.1, -0.05) is 33.3 Å². The van der Waals surface area contributed by atoms with Gasteiger partial charge in [0.05, 0.1) is 12.7 Å². The van der Waals surface area contributed by atoms with E-state index in [1.165, 1.54) is 6.92 Å². The summed E-state index contributed by atoms with van der Waals surface area (Å²) in [5.74, 6) is -1.75. The minimum atomic E-state index is -1.74. The van der Waals surface area contributed by atoms with Gasteiger partial charge in [0.1, 0.15) is 17.8 Å². The smallest absolute Gasteiger partial charge is 0.849 e. The van der Waals surface area contributed by atoms with E-state index in [2.05, 4.69) is 0 Å². The molecule has 4 aliphatic rings. The Morgan fingerprint density at radius 1 is 1.28 bits per heavy atom. The molecule has 2 bridgehead atoms. The van der Waals surface area contributed by atoms with Gasteiger partial charge in [-0.3, -0.25) is 9.59 Å². The van der Waals surface area contributed by atoms with E-state index in [0.717, 1.165) is 0 Å². The van der Waals surface area contributed by atoms with Crippen molar-refractivity contribution in [3.05, 3.63) is 11.1 Å². The molecule has 9 heteroatoms. The first-order chi connectivity index (χ1) is 13.8. The largest absolute Gasteiger partial charge is 1.00 e. The Kier molecular flexibility index (Phi) is 8.45. The molecule has 4 rings (SSSR count). The molecule has 7 nitrogen and oxygen atoms in total. The van der Waals surface area contributed by atoms with Crippen LogP contribution in [0, 0.1) is 72.6 Å². The Labute approximate surface area is 237 Å². The standard InChI is InChI=1S/C23H33O7.Ac.Li/c1-10-7-15-13(9-29-15)17-20(30-12(3)24)23(28)8-14(25)11(2)16(21(23,4)5)18(26)19(27)22(10,17)6;;/h10,13-15,17,19-20,27-28H,7-9H2,1-6H3;;/q-1;;+1/t10-,13+,14-,15+,17?,19+,20-,22+,23+;;/m0../s1. The minimum absolute atomic E-state index is 0. The van der Waals surface area contributed by atoms with E-state index in [1.807, 2.05) is 13.8 Å². The first-order valence-corrected chi connectivity index (χ1v) is 10.9. The van der Waals surface area contributed by atoms with Crippen LogP contribution < -0.4 is 24.0 Å². The van der Waals surface area contributed by atoms with Gasteiger partial charge in [-0.05, 0) is 25.7 Å². The number of carbonyl (C=O) groups is 2. The second-order valence-electron chi connectivity index (χ2n) is 10.7. The van der Waals surface area contributed by atoms with Crippen molar-refractivity contribution in [2.45, 2.75) is 84.4 Å². The molecule has 1 radical (unpaired) electrons. The summed E-state index contributed by atoms with van der Waals surface area (Å²) in [5, 5.41) is 36.6. The molecule has 3 aliphatic carbocycles. The van der Waals surface area contributed by atoms with Gasteiger partial charge in [-0.25, -0.2) is 0 Å². The van der Waals surface area contributed by atoms with Crippen molar-refractivity contribution in [3.63, 3.8) is 0 Å². The van der Waals surface area contributed by atoms with Crippen LogP contribution >= 0.6 is 0 Å². The van der Waals surface area contributed by atoms with Crippen molar-refractivity contribution in [1.29, 1.82) is 0 Å². The molecule has 2 N–H and O–H groups in total. The molecule has 1 heterocycles. The topological polar surface area (TPSA) is 116 Å². The van der Waals surface area contributed by atoms with Gasteiger partial charge >= 0.3 is 24.8 Å². The molecule has 9 atom stereocenters. The maximum atomic E-state index is 13.7. The van der Waals surface area contributed by atoms with Crippen LogP contribution in [0.2, 0.25) is 0 Å². The molecule has 3 fully saturated rings. The summed E-state index contributed by atoms with van der Waals surface area (Å²) in [7, 11) is 0. The average molecular weight is 655 g/mol. The second-order valence-corrected chi connectivity index (χ2v) is 10.7. The average Bonchev–Trinajstić information content (AvgIpc) is 2.62. The Morgan fingerprint density at radius 3 is 2.38 bits per heavy atom. The fourth-order valence-corrected chi connectivity index (χ4v) is 6.92. The molecular weight excluding hydrogens is 622 g/mol. The van der Waals surface area contributed by atoms with Gasteiger partial charge in [-0.2, -0.15) is 0 Å². The summed E-state index contributed by atoms with van der Waals surface area (Å²) in [6.07, 6.45) is -3.26. The van der Waals surface area contributed by atoms with Gasteiger partial charge in [0.2, 0.25) is 0 Å². The van der Waals surface area contributed by atoms with E-state index in [9.17, 15) is 24.9 Å². The maximum absolute atomic E-state index is 13.7. The predicted molar refractivity (Wildman–Crippen MR) is 105 cm³/mol. The van der Waals surface area contributed by atoms with Crippen molar-refractivity contribution in [2.75, 3.05) is 6.61 Å². The van der Waals surface area contributed by atoms with Crippen LogP contribution in [0.3, 0.4) is 0 Å². The molecule has 0 aromatic carbocycles. The van der Waals surface area contributed by atoms with Crippen LogP contribution in [0.15, 0.2) is 11.1 Å². The maximum Gasteiger partial charge on any atom is 1.00 e. The first-order valence-electron chi connectivity index (χ1n) is 10.9. The van der Waals surface area contributed by atoms with Crippen molar-refractivity contribution in [2.24, 2.45) is 28.6 Å². The Morgan fingerprint density at radius 2 is 1.88 bits per heavy atom. The van der Waals surface area contributed by atoms with Crippen molar-refractivity contribution < 1.29 is 97.3 Å². The number of aliphatic hydroxyl groups is 2. The van der Waals surface area contributed by atoms with E-state index in [4.69, 9.17) is 9.47 Å². The molecular formula is C23H33AcLiO7. The normalized spacial score (nSPS) is 46.8. The predicted octanol–water partition coefficient (Wildman–Crippen LogP) is -2.25. The molecule has 0 aromatic rings. The van der Waals surface area contributed by atoms with E-state index >= 15 is 0 Å². The fraction of sp³-hybridized carbons (Fsp3) is 0.826. The summed E-state index contributed by atoms with van der Waals surface area (Å²) >= 11 is 0. The summed E-state index contributed by atoms with van der Waals surface area (Å²) in [5.41, 5.74) is -3.31. The number of esters is 1. The number of Topliss-reactive ketones (excluding diaryl/α,β-unsaturated/α-hetero) is 1. The number of ether oxygens (including phenoxy) is 2. The molecule has 1 aliphatic heterocycles. The third kappa shape index (κ3) is 3.70. The van der Waals surface area contributed by atoms with Crippen molar-refractivity contribution in [3.8, 4) is 0 Å². The zero-order valence-electron chi connectivity index (χ0n) is 20.2. The Hall–Kier alpha value is 0.759. The van der Waals surface area contributed by atoms with E-state index in [-0.39, 0.29) is 92.9 Å². The molecule has 32 heavy (non-hydrogen) atoms. The summed E-state index contributed by atoms with van der Waals surface area (Å²) in [6.45, 7) is 10.6. The van der Waals surface area contributed by atoms with Gasteiger partial charge < -0.3 is 24.8 Å². The molecule has 171 valence electrons. The van der Waals surface area contributed by atoms with E-state index < -0.39 is 52.4 Å². The van der Waals surface area contributed by atoms with Crippen LogP contribution in [-0.4, -0.2) is 58.6 Å². The number of hydrogen-bond acceptors (Lipinski definition) is 7. The summed E-state index contributed by atoms with van der Waals surface area (Å²) in [6, 6.07) is 0.